The SMILES string of the molecule is CN(Cc1ccccc1F)C(=O)c1ccsc1. The highest BCUT2D eigenvalue weighted by Gasteiger charge is 2.13. The summed E-state index contributed by atoms with van der Waals surface area (Å²) >= 11 is 1.47. The normalized spacial score (nSPS) is 10.2. The van der Waals surface area contributed by atoms with Gasteiger partial charge in [-0.05, 0) is 17.5 Å². The number of hydrogen-bond acceptors (Lipinski definition) is 2. The molecule has 0 aliphatic rings. The second-order valence-corrected chi connectivity index (χ2v) is 4.54. The summed E-state index contributed by atoms with van der Waals surface area (Å²) in [6.45, 7) is 0.279. The second-order valence-electron chi connectivity index (χ2n) is 3.76. The van der Waals surface area contributed by atoms with Crippen LogP contribution in [-0.2, 0) is 6.54 Å². The molecule has 1 amide bonds. The molecule has 2 rings (SSSR count). The van der Waals surface area contributed by atoms with Crippen LogP contribution in [0.4, 0.5) is 4.39 Å². The van der Waals surface area contributed by atoms with E-state index in [9.17, 15) is 9.18 Å². The van der Waals surface area contributed by atoms with Crippen molar-refractivity contribution >= 4 is 17.2 Å². The molecule has 1 heterocycles. The Kier molecular flexibility index (Phi) is 3.54. The molecule has 0 atom stereocenters. The second kappa shape index (κ2) is 5.10. The van der Waals surface area contributed by atoms with Crippen LogP contribution in [0.25, 0.3) is 0 Å². The molecule has 1 aromatic heterocycles. The molecule has 2 aromatic rings. The Morgan fingerprint density at radius 2 is 2.12 bits per heavy atom. The fraction of sp³-hybridized carbons (Fsp3) is 0.154. The lowest BCUT2D eigenvalue weighted by atomic mass is 10.2. The minimum Gasteiger partial charge on any atom is -0.337 e. The zero-order valence-electron chi connectivity index (χ0n) is 9.39. The van der Waals surface area contributed by atoms with Crippen molar-refractivity contribution in [2.24, 2.45) is 0 Å². The van der Waals surface area contributed by atoms with Gasteiger partial charge < -0.3 is 4.90 Å². The van der Waals surface area contributed by atoms with E-state index in [-0.39, 0.29) is 18.3 Å². The van der Waals surface area contributed by atoms with Gasteiger partial charge >= 0.3 is 0 Å². The van der Waals surface area contributed by atoms with E-state index in [1.807, 2.05) is 5.38 Å². The van der Waals surface area contributed by atoms with Crippen LogP contribution in [0, 0.1) is 5.82 Å². The molecule has 0 N–H and O–H groups in total. The van der Waals surface area contributed by atoms with Gasteiger partial charge in [0, 0.05) is 24.5 Å². The molecule has 0 saturated carbocycles. The molecule has 17 heavy (non-hydrogen) atoms. The molecule has 0 aliphatic carbocycles. The summed E-state index contributed by atoms with van der Waals surface area (Å²) in [5.41, 5.74) is 1.17. The first-order valence-electron chi connectivity index (χ1n) is 5.19. The fourth-order valence-corrected chi connectivity index (χ4v) is 2.19. The summed E-state index contributed by atoms with van der Waals surface area (Å²) in [4.78, 5) is 13.4. The van der Waals surface area contributed by atoms with Gasteiger partial charge in [0.05, 0.1) is 5.56 Å². The maximum Gasteiger partial charge on any atom is 0.254 e. The Morgan fingerprint density at radius 3 is 2.76 bits per heavy atom. The quantitative estimate of drug-likeness (QED) is 0.818. The number of rotatable bonds is 3. The minimum atomic E-state index is -0.280. The highest BCUT2D eigenvalue weighted by molar-refractivity contribution is 7.08. The third-order valence-corrected chi connectivity index (χ3v) is 3.16. The van der Waals surface area contributed by atoms with E-state index in [1.54, 1.807) is 36.7 Å². The topological polar surface area (TPSA) is 20.3 Å². The maximum atomic E-state index is 13.4. The number of carbonyl (C=O) groups excluding carboxylic acids is 1. The van der Waals surface area contributed by atoms with Crippen LogP contribution in [0.15, 0.2) is 41.1 Å². The van der Waals surface area contributed by atoms with Crippen LogP contribution in [0.3, 0.4) is 0 Å². The van der Waals surface area contributed by atoms with Crippen LogP contribution in [-0.4, -0.2) is 17.9 Å². The summed E-state index contributed by atoms with van der Waals surface area (Å²) < 4.78 is 13.4. The highest BCUT2D eigenvalue weighted by atomic mass is 32.1. The van der Waals surface area contributed by atoms with Gasteiger partial charge in [-0.1, -0.05) is 18.2 Å². The van der Waals surface area contributed by atoms with Crippen LogP contribution in [0.2, 0.25) is 0 Å². The standard InChI is InChI=1S/C13H12FNOS/c1-15(13(16)11-6-7-17-9-11)8-10-4-2-3-5-12(10)14/h2-7,9H,8H2,1H3. The van der Waals surface area contributed by atoms with Crippen molar-refractivity contribution in [2.45, 2.75) is 6.54 Å². The monoisotopic (exact) mass is 249 g/mol. The molecule has 0 aliphatic heterocycles. The van der Waals surface area contributed by atoms with Gasteiger partial charge in [0.1, 0.15) is 5.82 Å². The molecule has 0 radical (unpaired) electrons. The van der Waals surface area contributed by atoms with E-state index in [4.69, 9.17) is 0 Å². The van der Waals surface area contributed by atoms with Gasteiger partial charge in [-0.3, -0.25) is 4.79 Å². The molecule has 0 spiro atoms. The predicted octanol–water partition coefficient (Wildman–Crippen LogP) is 3.16. The Labute approximate surface area is 103 Å². The smallest absolute Gasteiger partial charge is 0.254 e. The molecule has 0 unspecified atom stereocenters. The summed E-state index contributed by atoms with van der Waals surface area (Å²) in [6, 6.07) is 8.26. The van der Waals surface area contributed by atoms with E-state index in [2.05, 4.69) is 0 Å². The van der Waals surface area contributed by atoms with Crippen molar-refractivity contribution in [3.63, 3.8) is 0 Å². The highest BCUT2D eigenvalue weighted by Crippen LogP contribution is 2.13. The summed E-state index contributed by atoms with van der Waals surface area (Å²) in [5.74, 6) is -0.369. The number of benzene rings is 1. The van der Waals surface area contributed by atoms with Crippen molar-refractivity contribution in [3.05, 3.63) is 58.0 Å². The average Bonchev–Trinajstić information content (AvgIpc) is 2.84. The third kappa shape index (κ3) is 2.71. The maximum absolute atomic E-state index is 13.4. The average molecular weight is 249 g/mol. The zero-order chi connectivity index (χ0) is 12.3. The lowest BCUT2D eigenvalue weighted by Crippen LogP contribution is -2.26. The van der Waals surface area contributed by atoms with Crippen molar-refractivity contribution in [1.82, 2.24) is 4.90 Å². The number of amides is 1. The number of hydrogen-bond donors (Lipinski definition) is 0. The Bertz CT molecular complexity index is 510. The fourth-order valence-electron chi connectivity index (χ4n) is 1.56. The number of carbonyl (C=O) groups is 1. The van der Waals surface area contributed by atoms with Gasteiger partial charge in [0.25, 0.3) is 5.91 Å². The largest absolute Gasteiger partial charge is 0.337 e. The summed E-state index contributed by atoms with van der Waals surface area (Å²) in [6.07, 6.45) is 0. The van der Waals surface area contributed by atoms with E-state index in [1.165, 1.54) is 22.3 Å². The van der Waals surface area contributed by atoms with Crippen LogP contribution in [0.5, 0.6) is 0 Å². The molecule has 1 aromatic carbocycles. The van der Waals surface area contributed by atoms with E-state index in [0.717, 1.165) is 0 Å². The molecular formula is C13H12FNOS. The lowest BCUT2D eigenvalue weighted by molar-refractivity contribution is 0.0784. The van der Waals surface area contributed by atoms with Crippen LogP contribution in [0.1, 0.15) is 15.9 Å². The first-order chi connectivity index (χ1) is 8.18. The van der Waals surface area contributed by atoms with Crippen LogP contribution < -0.4 is 0 Å². The third-order valence-electron chi connectivity index (χ3n) is 2.48. The lowest BCUT2D eigenvalue weighted by Gasteiger charge is -2.16. The predicted molar refractivity (Wildman–Crippen MR) is 66.5 cm³/mol. The van der Waals surface area contributed by atoms with Crippen LogP contribution >= 0.6 is 11.3 Å². The van der Waals surface area contributed by atoms with Crippen molar-refractivity contribution in [3.8, 4) is 0 Å². The van der Waals surface area contributed by atoms with Crippen molar-refractivity contribution in [1.29, 1.82) is 0 Å². The van der Waals surface area contributed by atoms with Crippen molar-refractivity contribution < 1.29 is 9.18 Å². The first-order valence-corrected chi connectivity index (χ1v) is 6.14. The molecule has 88 valence electrons. The minimum absolute atomic E-state index is 0.0884. The number of nitrogens with zero attached hydrogens (tertiary/aromatic N) is 1. The van der Waals surface area contributed by atoms with E-state index in [0.29, 0.717) is 11.1 Å². The van der Waals surface area contributed by atoms with Gasteiger partial charge in [0.15, 0.2) is 0 Å². The number of thiophene rings is 1. The molecule has 0 saturated heterocycles. The molecule has 0 fully saturated rings. The molecule has 0 bridgehead atoms. The van der Waals surface area contributed by atoms with E-state index >= 15 is 0 Å². The van der Waals surface area contributed by atoms with Gasteiger partial charge in [-0.2, -0.15) is 11.3 Å². The van der Waals surface area contributed by atoms with Gasteiger partial charge in [0.2, 0.25) is 0 Å². The molecule has 2 nitrogen and oxygen atoms in total. The molecular weight excluding hydrogens is 237 g/mol. The summed E-state index contributed by atoms with van der Waals surface area (Å²) in [5, 5.41) is 3.64. The molecule has 4 heteroatoms. The van der Waals surface area contributed by atoms with Crippen molar-refractivity contribution in [2.75, 3.05) is 7.05 Å². The van der Waals surface area contributed by atoms with E-state index < -0.39 is 0 Å². The zero-order valence-corrected chi connectivity index (χ0v) is 10.2. The Hall–Kier alpha value is -1.68. The summed E-state index contributed by atoms with van der Waals surface area (Å²) in [7, 11) is 1.67. The number of halogens is 1. The first kappa shape index (κ1) is 11.8. The Morgan fingerprint density at radius 1 is 1.35 bits per heavy atom. The van der Waals surface area contributed by atoms with Gasteiger partial charge in [-0.15, -0.1) is 0 Å². The van der Waals surface area contributed by atoms with Gasteiger partial charge in [-0.25, -0.2) is 4.39 Å². The Balaban J connectivity index is 2.10.